The Morgan fingerprint density at radius 3 is 2.63 bits per heavy atom. The van der Waals surface area contributed by atoms with E-state index in [1.54, 1.807) is 44.2 Å². The maximum atomic E-state index is 13.9. The molecule has 6 atom stereocenters. The van der Waals surface area contributed by atoms with Gasteiger partial charge in [0.25, 0.3) is 0 Å². The van der Waals surface area contributed by atoms with Gasteiger partial charge in [-0.15, -0.1) is 0 Å². The molecule has 0 radical (unpaired) electrons. The number of carbonyl (C=O) groups is 1. The minimum atomic E-state index is -4.25. The van der Waals surface area contributed by atoms with E-state index in [9.17, 15) is 19.6 Å². The summed E-state index contributed by atoms with van der Waals surface area (Å²) in [6.07, 6.45) is -0.725. The number of carbonyl (C=O) groups excluding carboxylic acids is 1. The van der Waals surface area contributed by atoms with Gasteiger partial charge in [0.05, 0.1) is 19.0 Å². The van der Waals surface area contributed by atoms with Gasteiger partial charge in [-0.1, -0.05) is 18.2 Å². The van der Waals surface area contributed by atoms with Crippen LogP contribution in [0.3, 0.4) is 0 Å². The normalized spacial score (nSPS) is 25.9. The molecule has 0 bridgehead atoms. The number of imidazole rings is 1. The third kappa shape index (κ3) is 6.61. The van der Waals surface area contributed by atoms with Crippen LogP contribution in [0.5, 0.6) is 5.75 Å². The largest absolute Gasteiger partial charge is 0.462 e. The predicted octanol–water partition coefficient (Wildman–Crippen LogP) is 2.15. The van der Waals surface area contributed by atoms with E-state index >= 15 is 0 Å². The Balaban J connectivity index is 1.37. The molecule has 1 saturated heterocycles. The van der Waals surface area contributed by atoms with Crippen LogP contribution in [0.1, 0.15) is 46.8 Å². The van der Waals surface area contributed by atoms with Crippen LogP contribution < -0.4 is 20.2 Å². The van der Waals surface area contributed by atoms with Gasteiger partial charge in [-0.05, 0) is 52.7 Å². The number of aliphatic hydroxyl groups excluding tert-OH is 1. The lowest BCUT2D eigenvalue weighted by Gasteiger charge is -2.27. The number of nitrogens with one attached hydrogen (secondary N) is 1. The van der Waals surface area contributed by atoms with Crippen molar-refractivity contribution in [1.82, 2.24) is 24.6 Å². The molecule has 0 spiro atoms. The van der Waals surface area contributed by atoms with E-state index < -0.39 is 56.5 Å². The lowest BCUT2D eigenvalue weighted by molar-refractivity contribution is -0.149. The Hall–Kier alpha value is -3.33. The predicted molar refractivity (Wildman–Crippen MR) is 156 cm³/mol. The smallest absolute Gasteiger partial charge is 0.459 e. The van der Waals surface area contributed by atoms with Crippen molar-refractivity contribution >= 4 is 36.6 Å². The van der Waals surface area contributed by atoms with Crippen molar-refractivity contribution in [1.29, 1.82) is 0 Å². The molecule has 1 aliphatic heterocycles. The molecule has 2 aromatic heterocycles. The van der Waals surface area contributed by atoms with Crippen molar-refractivity contribution in [3.05, 3.63) is 36.7 Å². The Labute approximate surface area is 248 Å². The molecular weight excluding hydrogens is 581 g/mol. The molecule has 234 valence electrons. The van der Waals surface area contributed by atoms with E-state index in [0.29, 0.717) is 23.0 Å². The Kier molecular flexibility index (Phi) is 8.67. The standard InChI is InChI=1S/C27H38N7O8P/c1-15(2)40-24(36)16(3)32-43(38,42-18-9-7-6-8-10-18)39-13-19-21(35)27(4,37)25(41-19)34-14-29-20-22(33(5)17-11-12-17)30-26(28)31-23(20)34/h6-10,14-17,19,21,25,35,37H,11-13H2,1-5H3,(H,32,38)(H2,28,30,31)/t16-,19-,21-,25-,27-,43+/m1/s1. The topological polar surface area (TPSA) is 196 Å². The van der Waals surface area contributed by atoms with Crippen LogP contribution >= 0.6 is 7.75 Å². The Morgan fingerprint density at radius 1 is 1.28 bits per heavy atom. The van der Waals surface area contributed by atoms with Gasteiger partial charge in [0.2, 0.25) is 5.95 Å². The first-order chi connectivity index (χ1) is 20.3. The molecule has 3 aromatic rings. The van der Waals surface area contributed by atoms with Crippen LogP contribution in [-0.2, 0) is 23.4 Å². The van der Waals surface area contributed by atoms with Gasteiger partial charge in [-0.2, -0.15) is 15.1 Å². The molecule has 2 fully saturated rings. The van der Waals surface area contributed by atoms with Crippen LogP contribution in [0.25, 0.3) is 11.2 Å². The molecule has 15 nitrogen and oxygen atoms in total. The highest BCUT2D eigenvalue weighted by Crippen LogP contribution is 2.47. The first-order valence-electron chi connectivity index (χ1n) is 14.1. The summed E-state index contributed by atoms with van der Waals surface area (Å²) in [5.41, 5.74) is 4.95. The number of rotatable bonds is 12. The van der Waals surface area contributed by atoms with Gasteiger partial charge in [0, 0.05) is 13.1 Å². The van der Waals surface area contributed by atoms with Crippen LogP contribution in [0, 0.1) is 0 Å². The number of esters is 1. The Bertz CT molecular complexity index is 1500. The zero-order valence-corrected chi connectivity index (χ0v) is 25.5. The fourth-order valence-corrected chi connectivity index (χ4v) is 6.36. The van der Waals surface area contributed by atoms with E-state index in [4.69, 9.17) is 24.3 Å². The monoisotopic (exact) mass is 619 g/mol. The van der Waals surface area contributed by atoms with Gasteiger partial charge in [-0.3, -0.25) is 13.9 Å². The quantitative estimate of drug-likeness (QED) is 0.170. The summed E-state index contributed by atoms with van der Waals surface area (Å²) in [4.78, 5) is 27.6. The third-order valence-electron chi connectivity index (χ3n) is 7.29. The van der Waals surface area contributed by atoms with Crippen molar-refractivity contribution < 1.29 is 38.1 Å². The van der Waals surface area contributed by atoms with E-state index in [-0.39, 0.29) is 11.7 Å². The zero-order chi connectivity index (χ0) is 31.1. The molecule has 1 saturated carbocycles. The number of nitrogens with zero attached hydrogens (tertiary/aromatic N) is 5. The zero-order valence-electron chi connectivity index (χ0n) is 24.7. The molecule has 0 unspecified atom stereocenters. The average Bonchev–Trinajstić information content (AvgIpc) is 3.67. The first-order valence-corrected chi connectivity index (χ1v) is 15.6. The average molecular weight is 620 g/mol. The summed E-state index contributed by atoms with van der Waals surface area (Å²) in [5, 5.41) is 25.1. The van der Waals surface area contributed by atoms with Crippen LogP contribution in [0.15, 0.2) is 36.7 Å². The molecule has 5 rings (SSSR count). The van der Waals surface area contributed by atoms with Crippen LogP contribution in [0.4, 0.5) is 11.8 Å². The van der Waals surface area contributed by atoms with Crippen molar-refractivity contribution in [3.8, 4) is 5.75 Å². The second-order valence-electron chi connectivity index (χ2n) is 11.3. The van der Waals surface area contributed by atoms with Crippen molar-refractivity contribution in [3.63, 3.8) is 0 Å². The second-order valence-corrected chi connectivity index (χ2v) is 13.0. The van der Waals surface area contributed by atoms with E-state index in [0.717, 1.165) is 12.8 Å². The highest BCUT2D eigenvalue weighted by atomic mass is 31.2. The minimum absolute atomic E-state index is 0.0185. The molecule has 2 aliphatic rings. The number of para-hydroxylation sites is 1. The number of anilines is 2. The van der Waals surface area contributed by atoms with Crippen molar-refractivity contribution in [2.75, 3.05) is 24.3 Å². The molecule has 1 aromatic carbocycles. The lowest BCUT2D eigenvalue weighted by Crippen LogP contribution is -2.44. The first kappa shape index (κ1) is 31.1. The SMILES string of the molecule is CC(C)OC(=O)[C@@H](C)N[P@](=O)(OC[C@H]1O[C@@H](n2cnc3c(N(C)C4CC4)nc(N)nc32)[C@](C)(O)[C@@H]1O)Oc1ccccc1. The van der Waals surface area contributed by atoms with Crippen molar-refractivity contribution in [2.45, 2.75) is 82.8 Å². The van der Waals surface area contributed by atoms with Gasteiger partial charge in [-0.25, -0.2) is 9.55 Å². The lowest BCUT2D eigenvalue weighted by atomic mass is 9.96. The molecule has 1 aliphatic carbocycles. The number of hydrogen-bond acceptors (Lipinski definition) is 13. The summed E-state index contributed by atoms with van der Waals surface area (Å²) in [6.45, 7) is 5.77. The van der Waals surface area contributed by atoms with Gasteiger partial charge < -0.3 is 34.8 Å². The number of fused-ring (bicyclic) bond motifs is 1. The number of aliphatic hydroxyl groups is 2. The Morgan fingerprint density at radius 2 is 1.98 bits per heavy atom. The summed E-state index contributed by atoms with van der Waals surface area (Å²) in [5.74, 6) is 0.132. The maximum absolute atomic E-state index is 13.9. The summed E-state index contributed by atoms with van der Waals surface area (Å²) >= 11 is 0. The minimum Gasteiger partial charge on any atom is -0.462 e. The molecule has 43 heavy (non-hydrogen) atoms. The maximum Gasteiger partial charge on any atom is 0.459 e. The molecular formula is C27H38N7O8P. The molecule has 3 heterocycles. The van der Waals surface area contributed by atoms with Gasteiger partial charge in [0.1, 0.15) is 29.6 Å². The van der Waals surface area contributed by atoms with Gasteiger partial charge in [0.15, 0.2) is 23.2 Å². The van der Waals surface area contributed by atoms with Gasteiger partial charge >= 0.3 is 13.7 Å². The highest BCUT2D eigenvalue weighted by Gasteiger charge is 2.54. The number of nitrogens with two attached hydrogens (primary N) is 1. The van der Waals surface area contributed by atoms with Crippen LogP contribution in [-0.4, -0.2) is 85.4 Å². The van der Waals surface area contributed by atoms with E-state index in [1.165, 1.54) is 24.7 Å². The number of hydrogen-bond donors (Lipinski definition) is 4. The summed E-state index contributed by atoms with van der Waals surface area (Å²) in [7, 11) is -2.34. The number of benzene rings is 1. The van der Waals surface area contributed by atoms with Crippen LogP contribution in [0.2, 0.25) is 0 Å². The summed E-state index contributed by atoms with van der Waals surface area (Å²) in [6, 6.07) is 7.53. The highest BCUT2D eigenvalue weighted by molar-refractivity contribution is 7.52. The number of aromatic nitrogens is 4. The third-order valence-corrected chi connectivity index (χ3v) is 8.93. The molecule has 5 N–H and O–H groups in total. The number of ether oxygens (including phenoxy) is 2. The second kappa shape index (κ2) is 12.0. The number of nitrogen functional groups attached to an aromatic ring is 1. The molecule has 0 amide bonds. The van der Waals surface area contributed by atoms with E-state index in [2.05, 4.69) is 20.0 Å². The van der Waals surface area contributed by atoms with E-state index in [1.807, 2.05) is 11.9 Å². The molecule has 16 heteroatoms. The fraction of sp³-hybridized carbons (Fsp3) is 0.556. The fourth-order valence-electron chi connectivity index (χ4n) is 4.85. The van der Waals surface area contributed by atoms with Crippen molar-refractivity contribution in [2.24, 2.45) is 0 Å². The summed E-state index contributed by atoms with van der Waals surface area (Å²) < 4.78 is 38.0.